The maximum atomic E-state index is 2.28. The van der Waals surface area contributed by atoms with E-state index in [9.17, 15) is 0 Å². The largest absolute Gasteiger partial charge is 0.0877 e. The second-order valence-corrected chi connectivity index (χ2v) is 7.56. The van der Waals surface area contributed by atoms with Crippen LogP contribution in [0.5, 0.6) is 0 Å². The van der Waals surface area contributed by atoms with Gasteiger partial charge in [-0.3, -0.25) is 0 Å². The topological polar surface area (TPSA) is 0 Å². The van der Waals surface area contributed by atoms with Crippen LogP contribution in [0.1, 0.15) is 0 Å². The monoisotopic (exact) mass is 316 g/mol. The molecule has 0 atom stereocenters. The molecular weight excluding hydrogens is 304 g/mol. The molecule has 0 radical (unpaired) electrons. The molecular formula is C20H12S2. The molecule has 0 nitrogen and oxygen atoms in total. The van der Waals surface area contributed by atoms with Crippen LogP contribution in [0.15, 0.2) is 92.4 Å². The highest BCUT2D eigenvalue weighted by Crippen LogP contribution is 2.51. The fourth-order valence-electron chi connectivity index (χ4n) is 3.07. The molecule has 1 aliphatic rings. The minimum Gasteiger partial charge on any atom is -0.0877 e. The minimum atomic E-state index is 1.31. The van der Waals surface area contributed by atoms with Gasteiger partial charge in [-0.25, -0.2) is 0 Å². The Morgan fingerprint density at radius 1 is 0.455 bits per heavy atom. The number of rotatable bonds is 0. The van der Waals surface area contributed by atoms with E-state index in [0.717, 1.165) is 0 Å². The van der Waals surface area contributed by atoms with Crippen molar-refractivity contribution in [2.24, 2.45) is 0 Å². The maximum Gasteiger partial charge on any atom is 0.0341 e. The predicted octanol–water partition coefficient (Wildman–Crippen LogP) is 6.61. The average molecular weight is 316 g/mol. The fraction of sp³-hybridized carbons (Fsp3) is 0. The summed E-state index contributed by atoms with van der Waals surface area (Å²) in [5.41, 5.74) is 0. The third kappa shape index (κ3) is 1.81. The molecule has 1 heterocycles. The number of hydrogen-bond donors (Lipinski definition) is 0. The van der Waals surface area contributed by atoms with Gasteiger partial charge in [0.05, 0.1) is 0 Å². The molecule has 0 unspecified atom stereocenters. The number of fused-ring (bicyclic) bond motifs is 6. The van der Waals surface area contributed by atoms with Gasteiger partial charge in [0.25, 0.3) is 0 Å². The minimum absolute atomic E-state index is 1.31. The molecule has 22 heavy (non-hydrogen) atoms. The quantitative estimate of drug-likeness (QED) is 0.295. The van der Waals surface area contributed by atoms with Crippen LogP contribution in [0.25, 0.3) is 21.5 Å². The zero-order valence-electron chi connectivity index (χ0n) is 11.7. The highest BCUT2D eigenvalue weighted by atomic mass is 32.2. The third-order valence-corrected chi connectivity index (χ3v) is 6.74. The van der Waals surface area contributed by atoms with Crippen LogP contribution in [-0.4, -0.2) is 0 Å². The van der Waals surface area contributed by atoms with E-state index in [1.54, 1.807) is 0 Å². The van der Waals surface area contributed by atoms with Crippen molar-refractivity contribution in [3.63, 3.8) is 0 Å². The van der Waals surface area contributed by atoms with Crippen LogP contribution < -0.4 is 0 Å². The van der Waals surface area contributed by atoms with Crippen LogP contribution in [0.2, 0.25) is 0 Å². The van der Waals surface area contributed by atoms with Gasteiger partial charge in [-0.1, -0.05) is 78.1 Å². The highest BCUT2D eigenvalue weighted by Gasteiger charge is 2.19. The molecule has 4 aromatic rings. The SMILES string of the molecule is c1ccc2c(c1)Sc1ccc3c(ccc4ccccc43)c1S2. The molecule has 0 spiro atoms. The molecule has 4 aromatic carbocycles. The molecule has 0 amide bonds. The second-order valence-electron chi connectivity index (χ2n) is 5.43. The van der Waals surface area contributed by atoms with Crippen molar-refractivity contribution in [3.8, 4) is 0 Å². The molecule has 2 heteroatoms. The van der Waals surface area contributed by atoms with Crippen molar-refractivity contribution in [1.82, 2.24) is 0 Å². The molecule has 0 aromatic heterocycles. The summed E-state index contributed by atoms with van der Waals surface area (Å²) >= 11 is 3.78. The lowest BCUT2D eigenvalue weighted by atomic mass is 10.0. The molecule has 0 saturated heterocycles. The summed E-state index contributed by atoms with van der Waals surface area (Å²) < 4.78 is 0. The first-order chi connectivity index (χ1) is 10.9. The van der Waals surface area contributed by atoms with Gasteiger partial charge in [0.15, 0.2) is 0 Å². The van der Waals surface area contributed by atoms with Gasteiger partial charge in [-0.15, -0.1) is 0 Å². The zero-order valence-corrected chi connectivity index (χ0v) is 13.4. The van der Waals surface area contributed by atoms with Crippen molar-refractivity contribution >= 4 is 45.1 Å². The Morgan fingerprint density at radius 3 is 2.09 bits per heavy atom. The van der Waals surface area contributed by atoms with E-state index in [1.165, 1.54) is 41.1 Å². The smallest absolute Gasteiger partial charge is 0.0341 e. The third-order valence-electron chi connectivity index (χ3n) is 4.12. The fourth-order valence-corrected chi connectivity index (χ4v) is 5.46. The van der Waals surface area contributed by atoms with E-state index in [2.05, 4.69) is 72.8 Å². The summed E-state index contributed by atoms with van der Waals surface area (Å²) in [7, 11) is 0. The first-order valence-electron chi connectivity index (χ1n) is 7.29. The number of hydrogen-bond acceptors (Lipinski definition) is 2. The van der Waals surface area contributed by atoms with E-state index < -0.39 is 0 Å². The van der Waals surface area contributed by atoms with E-state index >= 15 is 0 Å². The highest BCUT2D eigenvalue weighted by molar-refractivity contribution is 8.05. The van der Waals surface area contributed by atoms with Crippen molar-refractivity contribution in [2.45, 2.75) is 19.6 Å². The Bertz CT molecular complexity index is 1030. The molecule has 0 aliphatic carbocycles. The zero-order chi connectivity index (χ0) is 14.5. The van der Waals surface area contributed by atoms with Crippen LogP contribution in [0, 0.1) is 0 Å². The summed E-state index contributed by atoms with van der Waals surface area (Å²) in [6.45, 7) is 0. The Morgan fingerprint density at radius 2 is 1.18 bits per heavy atom. The van der Waals surface area contributed by atoms with Crippen molar-refractivity contribution in [2.75, 3.05) is 0 Å². The molecule has 5 rings (SSSR count). The van der Waals surface area contributed by atoms with Gasteiger partial charge in [-0.2, -0.15) is 0 Å². The molecule has 0 N–H and O–H groups in total. The van der Waals surface area contributed by atoms with E-state index in [1.807, 2.05) is 23.5 Å². The van der Waals surface area contributed by atoms with Gasteiger partial charge in [-0.05, 0) is 39.7 Å². The Balaban J connectivity index is 1.82. The van der Waals surface area contributed by atoms with E-state index in [-0.39, 0.29) is 0 Å². The van der Waals surface area contributed by atoms with Crippen LogP contribution >= 0.6 is 23.5 Å². The summed E-state index contributed by atoms with van der Waals surface area (Å²) in [4.78, 5) is 5.49. The van der Waals surface area contributed by atoms with E-state index in [0.29, 0.717) is 0 Å². The van der Waals surface area contributed by atoms with Crippen LogP contribution in [-0.2, 0) is 0 Å². The maximum absolute atomic E-state index is 2.28. The summed E-state index contributed by atoms with van der Waals surface area (Å²) in [5.74, 6) is 0. The lowest BCUT2D eigenvalue weighted by molar-refractivity contribution is 1.18. The lowest BCUT2D eigenvalue weighted by Crippen LogP contribution is -1.91. The Labute approximate surface area is 137 Å². The number of benzene rings is 4. The van der Waals surface area contributed by atoms with Crippen LogP contribution in [0.3, 0.4) is 0 Å². The first-order valence-corrected chi connectivity index (χ1v) is 8.93. The first kappa shape index (κ1) is 12.6. The predicted molar refractivity (Wildman–Crippen MR) is 96.1 cm³/mol. The average Bonchev–Trinajstić information content (AvgIpc) is 2.59. The molecule has 0 bridgehead atoms. The van der Waals surface area contributed by atoms with Gasteiger partial charge >= 0.3 is 0 Å². The van der Waals surface area contributed by atoms with E-state index in [4.69, 9.17) is 0 Å². The van der Waals surface area contributed by atoms with Crippen molar-refractivity contribution in [3.05, 3.63) is 72.8 Å². The summed E-state index contributed by atoms with van der Waals surface area (Å²) in [6.07, 6.45) is 0. The summed E-state index contributed by atoms with van der Waals surface area (Å²) in [6, 6.07) is 26.4. The lowest BCUT2D eigenvalue weighted by Gasteiger charge is -2.20. The van der Waals surface area contributed by atoms with Crippen molar-refractivity contribution < 1.29 is 0 Å². The standard InChI is InChI=1S/C20H12S2/c1-2-6-14-13(5-1)9-10-16-15(14)11-12-19-20(16)22-18-8-4-3-7-17(18)21-19/h1-12H. The Hall–Kier alpha value is -1.90. The van der Waals surface area contributed by atoms with Gasteiger partial charge in [0, 0.05) is 19.6 Å². The molecule has 0 saturated carbocycles. The van der Waals surface area contributed by atoms with Crippen molar-refractivity contribution in [1.29, 1.82) is 0 Å². The van der Waals surface area contributed by atoms with Gasteiger partial charge in [0.2, 0.25) is 0 Å². The second kappa shape index (κ2) is 4.80. The molecule has 104 valence electrons. The normalized spacial score (nSPS) is 13.1. The van der Waals surface area contributed by atoms with Crippen LogP contribution in [0.4, 0.5) is 0 Å². The van der Waals surface area contributed by atoms with Gasteiger partial charge < -0.3 is 0 Å². The van der Waals surface area contributed by atoms with Gasteiger partial charge in [0.1, 0.15) is 0 Å². The molecule has 1 aliphatic heterocycles. The Kier molecular flexibility index (Phi) is 2.76. The molecule has 0 fully saturated rings. The summed E-state index contributed by atoms with van der Waals surface area (Å²) in [5, 5.41) is 5.36.